The van der Waals surface area contributed by atoms with Gasteiger partial charge in [-0.3, -0.25) is 19.6 Å². The van der Waals surface area contributed by atoms with Crippen LogP contribution < -0.4 is 5.48 Å². The number of benzene rings is 2. The van der Waals surface area contributed by atoms with Crippen LogP contribution in [0.15, 0.2) is 61.1 Å². The highest BCUT2D eigenvalue weighted by atomic mass is 19.1. The zero-order chi connectivity index (χ0) is 25.1. The molecule has 186 valence electrons. The highest BCUT2D eigenvalue weighted by Crippen LogP contribution is 2.37. The van der Waals surface area contributed by atoms with Gasteiger partial charge in [-0.2, -0.15) is 5.10 Å². The molecule has 1 aliphatic rings. The number of carbonyl (C=O) groups excluding carboxylic acids is 1. The van der Waals surface area contributed by atoms with E-state index < -0.39 is 5.91 Å². The Morgan fingerprint density at radius 1 is 1.33 bits per heavy atom. The van der Waals surface area contributed by atoms with Crippen LogP contribution in [0.4, 0.5) is 4.39 Å². The number of nitrogens with zero attached hydrogens (tertiary/aromatic N) is 3. The minimum Gasteiger partial charge on any atom is -0.361 e. The van der Waals surface area contributed by atoms with Crippen LogP contribution in [-0.4, -0.2) is 37.3 Å². The molecule has 2 heterocycles. The fraction of sp³-hybridized carbons (Fsp3) is 0.286. The number of hydroxylamine groups is 1. The van der Waals surface area contributed by atoms with Crippen molar-refractivity contribution in [2.45, 2.75) is 45.3 Å². The third-order valence-electron chi connectivity index (χ3n) is 6.99. The number of amides is 1. The van der Waals surface area contributed by atoms with Crippen molar-refractivity contribution in [1.29, 1.82) is 0 Å². The van der Waals surface area contributed by atoms with Crippen LogP contribution in [0.5, 0.6) is 0 Å². The maximum Gasteiger partial charge on any atom is 0.267 e. The standard InChI is InChI=1S/C28H30FN5O2/c1-2-34-18-20(15-31-34)17-33(12-11-22-16-30-26-14-23(29)6-8-24(22)26)27-9-5-21-13-19(3-7-25(21)27)4-10-28(35)32-36/h3-4,6-8,10,13-16,18,27,30,36H,2,5,9,11-12,17H2,1H3,(H,32,35)/b10-4+. The lowest BCUT2D eigenvalue weighted by atomic mass is 10.0. The smallest absolute Gasteiger partial charge is 0.267 e. The Balaban J connectivity index is 1.39. The quantitative estimate of drug-likeness (QED) is 0.180. The van der Waals surface area contributed by atoms with Gasteiger partial charge in [-0.05, 0) is 72.7 Å². The van der Waals surface area contributed by atoms with Gasteiger partial charge >= 0.3 is 0 Å². The van der Waals surface area contributed by atoms with Crippen molar-refractivity contribution in [3.05, 3.63) is 94.7 Å². The Hall–Kier alpha value is -3.75. The summed E-state index contributed by atoms with van der Waals surface area (Å²) in [6.07, 6.45) is 11.9. The van der Waals surface area contributed by atoms with E-state index in [4.69, 9.17) is 5.21 Å². The molecule has 7 nitrogen and oxygen atoms in total. The SMILES string of the molecule is CCn1cc(CN(CCc2c[nH]c3cc(F)ccc23)C2CCc3cc(/C=C/C(=O)NO)ccc32)cn1. The number of hydrogen-bond acceptors (Lipinski definition) is 4. The van der Waals surface area contributed by atoms with E-state index in [-0.39, 0.29) is 11.9 Å². The van der Waals surface area contributed by atoms with Crippen molar-refractivity contribution in [2.24, 2.45) is 0 Å². The number of nitrogens with one attached hydrogen (secondary N) is 2. The van der Waals surface area contributed by atoms with Crippen LogP contribution in [0.1, 0.15) is 47.2 Å². The first-order valence-electron chi connectivity index (χ1n) is 12.3. The van der Waals surface area contributed by atoms with Gasteiger partial charge in [0.1, 0.15) is 5.82 Å². The van der Waals surface area contributed by atoms with Crippen LogP contribution in [0.25, 0.3) is 17.0 Å². The Labute approximate surface area is 209 Å². The summed E-state index contributed by atoms with van der Waals surface area (Å²) in [7, 11) is 0. The van der Waals surface area contributed by atoms with Crippen LogP contribution in [0, 0.1) is 5.82 Å². The van der Waals surface area contributed by atoms with E-state index in [1.165, 1.54) is 34.4 Å². The minimum absolute atomic E-state index is 0.237. The molecule has 2 aromatic carbocycles. The second-order valence-electron chi connectivity index (χ2n) is 9.25. The number of H-pyrrole nitrogens is 1. The zero-order valence-corrected chi connectivity index (χ0v) is 20.2. The van der Waals surface area contributed by atoms with Gasteiger partial charge in [0.05, 0.1) is 6.20 Å². The van der Waals surface area contributed by atoms with E-state index >= 15 is 0 Å². The van der Waals surface area contributed by atoms with Gasteiger partial charge in [0.2, 0.25) is 0 Å². The van der Waals surface area contributed by atoms with E-state index in [9.17, 15) is 9.18 Å². The average Bonchev–Trinajstić information content (AvgIpc) is 3.62. The Kier molecular flexibility index (Phi) is 6.97. The fourth-order valence-corrected chi connectivity index (χ4v) is 5.18. The van der Waals surface area contributed by atoms with E-state index in [1.54, 1.807) is 17.6 Å². The highest BCUT2D eigenvalue weighted by molar-refractivity contribution is 5.90. The van der Waals surface area contributed by atoms with Crippen LogP contribution >= 0.6 is 0 Å². The number of aromatic amines is 1. The number of halogens is 1. The Morgan fingerprint density at radius 3 is 3.03 bits per heavy atom. The highest BCUT2D eigenvalue weighted by Gasteiger charge is 2.28. The number of fused-ring (bicyclic) bond motifs is 2. The molecule has 1 aliphatic carbocycles. The molecule has 0 saturated heterocycles. The normalized spacial score (nSPS) is 15.3. The second-order valence-corrected chi connectivity index (χ2v) is 9.25. The fourth-order valence-electron chi connectivity index (χ4n) is 5.18. The van der Waals surface area contributed by atoms with Crippen LogP contribution in [-0.2, 0) is 30.7 Å². The summed E-state index contributed by atoms with van der Waals surface area (Å²) in [4.78, 5) is 17.1. The minimum atomic E-state index is -0.549. The van der Waals surface area contributed by atoms with E-state index in [1.807, 2.05) is 29.2 Å². The zero-order valence-electron chi connectivity index (χ0n) is 20.2. The Morgan fingerprint density at radius 2 is 2.22 bits per heavy atom. The summed E-state index contributed by atoms with van der Waals surface area (Å²) >= 11 is 0. The molecule has 36 heavy (non-hydrogen) atoms. The first-order valence-corrected chi connectivity index (χ1v) is 12.3. The molecule has 0 spiro atoms. The first-order chi connectivity index (χ1) is 17.5. The lowest BCUT2D eigenvalue weighted by Gasteiger charge is -2.29. The molecule has 1 amide bonds. The van der Waals surface area contributed by atoms with Crippen LogP contribution in [0.3, 0.4) is 0 Å². The van der Waals surface area contributed by atoms with Gasteiger partial charge in [-0.15, -0.1) is 0 Å². The topological polar surface area (TPSA) is 86.2 Å². The number of rotatable bonds is 9. The lowest BCUT2D eigenvalue weighted by Crippen LogP contribution is -2.29. The largest absolute Gasteiger partial charge is 0.361 e. The number of carbonyl (C=O) groups is 1. The summed E-state index contributed by atoms with van der Waals surface area (Å²) in [5, 5.41) is 14.2. The number of aromatic nitrogens is 3. The number of aryl methyl sites for hydroxylation is 2. The summed E-state index contributed by atoms with van der Waals surface area (Å²) in [6.45, 7) is 4.56. The molecule has 5 rings (SSSR count). The van der Waals surface area contributed by atoms with Gasteiger partial charge in [0.15, 0.2) is 0 Å². The van der Waals surface area contributed by atoms with E-state index in [2.05, 4.69) is 40.2 Å². The van der Waals surface area contributed by atoms with E-state index in [0.717, 1.165) is 55.4 Å². The van der Waals surface area contributed by atoms with Crippen molar-refractivity contribution in [1.82, 2.24) is 25.1 Å². The van der Waals surface area contributed by atoms with Gasteiger partial charge in [-0.25, -0.2) is 9.87 Å². The summed E-state index contributed by atoms with van der Waals surface area (Å²) in [5.74, 6) is -0.786. The van der Waals surface area contributed by atoms with Crippen molar-refractivity contribution in [3.63, 3.8) is 0 Å². The van der Waals surface area contributed by atoms with Crippen molar-refractivity contribution in [3.8, 4) is 0 Å². The lowest BCUT2D eigenvalue weighted by molar-refractivity contribution is -0.124. The van der Waals surface area contributed by atoms with Gasteiger partial charge < -0.3 is 4.98 Å². The third kappa shape index (κ3) is 5.10. The predicted octanol–water partition coefficient (Wildman–Crippen LogP) is 4.77. The maximum atomic E-state index is 13.6. The molecular weight excluding hydrogens is 457 g/mol. The van der Waals surface area contributed by atoms with Gasteiger partial charge in [-0.1, -0.05) is 18.2 Å². The molecule has 0 aliphatic heterocycles. The third-order valence-corrected chi connectivity index (χ3v) is 6.99. The van der Waals surface area contributed by atoms with Gasteiger partial charge in [0, 0.05) is 60.6 Å². The summed E-state index contributed by atoms with van der Waals surface area (Å²) in [5.41, 5.74) is 8.32. The maximum absolute atomic E-state index is 13.6. The molecule has 3 N–H and O–H groups in total. The molecule has 0 radical (unpaired) electrons. The predicted molar refractivity (Wildman–Crippen MR) is 137 cm³/mol. The second kappa shape index (κ2) is 10.5. The first kappa shape index (κ1) is 24.0. The summed E-state index contributed by atoms with van der Waals surface area (Å²) in [6, 6.07) is 11.5. The molecule has 1 unspecified atom stereocenters. The Bertz CT molecular complexity index is 1410. The molecule has 1 atom stereocenters. The number of hydrogen-bond donors (Lipinski definition) is 3. The van der Waals surface area contributed by atoms with Crippen molar-refractivity contribution in [2.75, 3.05) is 6.54 Å². The van der Waals surface area contributed by atoms with Crippen molar-refractivity contribution < 1.29 is 14.4 Å². The van der Waals surface area contributed by atoms with E-state index in [0.29, 0.717) is 0 Å². The van der Waals surface area contributed by atoms with Crippen LogP contribution in [0.2, 0.25) is 0 Å². The van der Waals surface area contributed by atoms with Crippen molar-refractivity contribution >= 4 is 22.9 Å². The molecular formula is C28H30FN5O2. The van der Waals surface area contributed by atoms with Gasteiger partial charge in [0.25, 0.3) is 5.91 Å². The average molecular weight is 488 g/mol. The monoisotopic (exact) mass is 487 g/mol. The molecule has 0 bridgehead atoms. The summed E-state index contributed by atoms with van der Waals surface area (Å²) < 4.78 is 15.6. The molecule has 8 heteroatoms. The molecule has 0 saturated carbocycles. The molecule has 0 fully saturated rings. The molecule has 4 aromatic rings. The molecule has 2 aromatic heterocycles.